The summed E-state index contributed by atoms with van der Waals surface area (Å²) in [5.41, 5.74) is 17.4. The molecule has 1 aromatic heterocycles. The summed E-state index contributed by atoms with van der Waals surface area (Å²) in [5.74, 6) is 0. The summed E-state index contributed by atoms with van der Waals surface area (Å²) in [7, 11) is 0. The number of allylic oxidation sites excluding steroid dienone is 4. The molecule has 0 saturated carbocycles. The van der Waals surface area contributed by atoms with E-state index in [0.29, 0.717) is 0 Å². The van der Waals surface area contributed by atoms with Gasteiger partial charge in [-0.3, -0.25) is 0 Å². The first kappa shape index (κ1) is 37.6. The third kappa shape index (κ3) is 6.96. The lowest BCUT2D eigenvalue weighted by molar-refractivity contribution is 0.670. The van der Waals surface area contributed by atoms with Gasteiger partial charge in [0.1, 0.15) is 11.2 Å². The van der Waals surface area contributed by atoms with Gasteiger partial charge in [0.25, 0.3) is 0 Å². The molecule has 0 spiro atoms. The van der Waals surface area contributed by atoms with Gasteiger partial charge >= 0.3 is 0 Å². The first-order valence-corrected chi connectivity index (χ1v) is 22.2. The lowest BCUT2D eigenvalue weighted by Crippen LogP contribution is -2.18. The number of hydrogen-bond acceptors (Lipinski definition) is 2. The van der Waals surface area contributed by atoms with E-state index in [9.17, 15) is 0 Å². The summed E-state index contributed by atoms with van der Waals surface area (Å²) in [5, 5.41) is 7.34. The van der Waals surface area contributed by atoms with E-state index in [0.717, 1.165) is 57.3 Å². The average molecular weight is 818 g/mol. The molecule has 0 saturated heterocycles. The maximum Gasteiger partial charge on any atom is 0.143 e. The first-order valence-electron chi connectivity index (χ1n) is 22.2. The van der Waals surface area contributed by atoms with E-state index in [1.165, 1.54) is 71.8 Å². The topological polar surface area (TPSA) is 16.4 Å². The largest absolute Gasteiger partial charge is 0.455 e. The molecule has 0 atom stereocenters. The maximum absolute atomic E-state index is 6.45. The van der Waals surface area contributed by atoms with Gasteiger partial charge in [0.05, 0.1) is 0 Å². The molecule has 1 heterocycles. The lowest BCUT2D eigenvalue weighted by atomic mass is 9.93. The normalized spacial score (nSPS) is 12.8. The van der Waals surface area contributed by atoms with E-state index < -0.39 is 0 Å². The standard InChI is InChI=1S/C62H43NO/c1-3-12-48-39-53(28-26-42(48)10-1)46-30-34-55(35-31-46)63(56-36-32-47(33-37-56)58-19-9-20-60-59-18-5-6-21-61(59)64-62(58)60)57-17-8-16-52(41-57)45-24-22-44(23-25-45)50-14-7-15-51(38-50)54-29-27-43-11-2-4-13-49(43)40-54/h1-30,32-34,36-41H,31,35H2. The summed E-state index contributed by atoms with van der Waals surface area (Å²) in [4.78, 5) is 2.44. The van der Waals surface area contributed by atoms with Crippen molar-refractivity contribution in [3.63, 3.8) is 0 Å². The van der Waals surface area contributed by atoms with Crippen LogP contribution in [0.5, 0.6) is 0 Å². The fourth-order valence-electron chi connectivity index (χ4n) is 9.61. The fraction of sp³-hybridized carbons (Fsp3) is 0.0323. The van der Waals surface area contributed by atoms with Gasteiger partial charge in [0, 0.05) is 33.4 Å². The van der Waals surface area contributed by atoms with Gasteiger partial charge in [-0.25, -0.2) is 0 Å². The molecule has 1 aliphatic rings. The third-order valence-corrected chi connectivity index (χ3v) is 13.0. The predicted octanol–water partition coefficient (Wildman–Crippen LogP) is 17.5. The average Bonchev–Trinajstić information content (AvgIpc) is 3.76. The maximum atomic E-state index is 6.45. The van der Waals surface area contributed by atoms with Crippen LogP contribution in [0.4, 0.5) is 11.4 Å². The van der Waals surface area contributed by atoms with Crippen molar-refractivity contribution in [2.24, 2.45) is 0 Å². The molecule has 0 N–H and O–H groups in total. The number of anilines is 2. The Hall–Kier alpha value is -8.20. The Morgan fingerprint density at radius 2 is 0.875 bits per heavy atom. The molecule has 2 nitrogen and oxygen atoms in total. The minimum Gasteiger partial charge on any atom is -0.455 e. The molecule has 0 radical (unpaired) electrons. The Morgan fingerprint density at radius 3 is 1.59 bits per heavy atom. The number of rotatable bonds is 8. The van der Waals surface area contributed by atoms with Crippen molar-refractivity contribution in [3.05, 3.63) is 248 Å². The Bertz CT molecular complexity index is 3610. The second-order valence-corrected chi connectivity index (χ2v) is 16.8. The zero-order valence-electron chi connectivity index (χ0n) is 35.3. The van der Waals surface area contributed by atoms with Gasteiger partial charge in [-0.2, -0.15) is 0 Å². The van der Waals surface area contributed by atoms with Crippen molar-refractivity contribution in [2.45, 2.75) is 12.8 Å². The minimum atomic E-state index is 0.911. The van der Waals surface area contributed by atoms with Crippen molar-refractivity contribution >= 4 is 60.4 Å². The van der Waals surface area contributed by atoms with E-state index in [4.69, 9.17) is 4.42 Å². The van der Waals surface area contributed by atoms with Crippen molar-refractivity contribution in [3.8, 4) is 44.5 Å². The van der Waals surface area contributed by atoms with Crippen LogP contribution in [0.1, 0.15) is 18.4 Å². The minimum absolute atomic E-state index is 0.911. The van der Waals surface area contributed by atoms with E-state index >= 15 is 0 Å². The number of furan rings is 1. The highest BCUT2D eigenvalue weighted by Gasteiger charge is 2.20. The molecule has 302 valence electrons. The highest BCUT2D eigenvalue weighted by molar-refractivity contribution is 6.09. The molecule has 0 bridgehead atoms. The van der Waals surface area contributed by atoms with Crippen molar-refractivity contribution in [2.75, 3.05) is 4.90 Å². The number of para-hydroxylation sites is 2. The van der Waals surface area contributed by atoms with Crippen LogP contribution >= 0.6 is 0 Å². The first-order chi connectivity index (χ1) is 31.7. The Labute approximate surface area is 373 Å². The molecule has 0 fully saturated rings. The molecule has 64 heavy (non-hydrogen) atoms. The number of benzene rings is 10. The molecule has 12 rings (SSSR count). The van der Waals surface area contributed by atoms with Crippen LogP contribution in [-0.2, 0) is 0 Å². The van der Waals surface area contributed by atoms with Crippen LogP contribution in [0.25, 0.3) is 93.6 Å². The molecular formula is C62H43NO. The Balaban J connectivity index is 0.887. The van der Waals surface area contributed by atoms with E-state index in [1.54, 1.807) is 0 Å². The Morgan fingerprint density at radius 1 is 0.328 bits per heavy atom. The highest BCUT2D eigenvalue weighted by Crippen LogP contribution is 2.41. The van der Waals surface area contributed by atoms with Crippen molar-refractivity contribution in [1.29, 1.82) is 0 Å². The fourth-order valence-corrected chi connectivity index (χ4v) is 9.61. The van der Waals surface area contributed by atoms with Gasteiger partial charge in [0.2, 0.25) is 0 Å². The van der Waals surface area contributed by atoms with Gasteiger partial charge in [-0.1, -0.05) is 182 Å². The van der Waals surface area contributed by atoms with Crippen LogP contribution in [0.15, 0.2) is 247 Å². The monoisotopic (exact) mass is 817 g/mol. The number of nitrogens with zero attached hydrogens (tertiary/aromatic N) is 1. The van der Waals surface area contributed by atoms with E-state index in [-0.39, 0.29) is 0 Å². The van der Waals surface area contributed by atoms with Crippen LogP contribution in [0.2, 0.25) is 0 Å². The van der Waals surface area contributed by atoms with E-state index in [1.807, 2.05) is 12.1 Å². The van der Waals surface area contributed by atoms with Gasteiger partial charge in [-0.05, 0) is 139 Å². The summed E-state index contributed by atoms with van der Waals surface area (Å²) in [6.07, 6.45) is 6.51. The van der Waals surface area contributed by atoms with Gasteiger partial charge < -0.3 is 9.32 Å². The quantitative estimate of drug-likeness (QED) is 0.152. The summed E-state index contributed by atoms with van der Waals surface area (Å²) >= 11 is 0. The van der Waals surface area contributed by atoms with Crippen molar-refractivity contribution in [1.82, 2.24) is 0 Å². The van der Waals surface area contributed by atoms with Crippen LogP contribution in [-0.4, -0.2) is 0 Å². The Kier molecular flexibility index (Phi) is 9.34. The molecule has 0 unspecified atom stereocenters. The third-order valence-electron chi connectivity index (χ3n) is 13.0. The van der Waals surface area contributed by atoms with Crippen molar-refractivity contribution < 1.29 is 4.42 Å². The second kappa shape index (κ2) is 15.9. The predicted molar refractivity (Wildman–Crippen MR) is 271 cm³/mol. The molecule has 0 aliphatic heterocycles. The summed E-state index contributed by atoms with van der Waals surface area (Å²) < 4.78 is 6.45. The molecule has 2 heteroatoms. The van der Waals surface area contributed by atoms with Gasteiger partial charge in [-0.15, -0.1) is 0 Å². The lowest BCUT2D eigenvalue weighted by Gasteiger charge is -2.30. The second-order valence-electron chi connectivity index (χ2n) is 16.8. The SMILES string of the molecule is C1=C(c2ccc3ccccc3c2)CCC(N(c2ccc(-c3cccc4c3oc3ccccc34)cc2)c2cccc(-c3ccc(-c4cccc(-c5ccc6ccccc6c5)c4)cc3)c2)=C1. The summed E-state index contributed by atoms with van der Waals surface area (Å²) in [6, 6.07) is 81.3. The molecular weight excluding hydrogens is 775 g/mol. The van der Waals surface area contributed by atoms with Crippen LogP contribution < -0.4 is 4.90 Å². The highest BCUT2D eigenvalue weighted by atomic mass is 16.3. The zero-order valence-corrected chi connectivity index (χ0v) is 35.3. The van der Waals surface area contributed by atoms with Gasteiger partial charge in [0.15, 0.2) is 0 Å². The van der Waals surface area contributed by atoms with E-state index in [2.05, 4.69) is 229 Å². The molecule has 11 aromatic rings. The summed E-state index contributed by atoms with van der Waals surface area (Å²) in [6.45, 7) is 0. The molecule has 1 aliphatic carbocycles. The van der Waals surface area contributed by atoms with Crippen LogP contribution in [0.3, 0.4) is 0 Å². The molecule has 0 amide bonds. The zero-order chi connectivity index (χ0) is 42.4. The molecule has 10 aromatic carbocycles. The number of fused-ring (bicyclic) bond motifs is 5. The van der Waals surface area contributed by atoms with Crippen LogP contribution in [0, 0.1) is 0 Å². The number of hydrogen-bond donors (Lipinski definition) is 0. The smallest absolute Gasteiger partial charge is 0.143 e.